The molecule has 0 radical (unpaired) electrons. The van der Waals surface area contributed by atoms with Gasteiger partial charge in [-0.1, -0.05) is 65.7 Å². The van der Waals surface area contributed by atoms with Gasteiger partial charge in [-0.3, -0.25) is 0 Å². The molecule has 1 aromatic rings. The number of hydrogen-bond acceptors (Lipinski definition) is 4. The predicted molar refractivity (Wildman–Crippen MR) is 81.0 cm³/mol. The van der Waals surface area contributed by atoms with Crippen molar-refractivity contribution in [1.29, 1.82) is 0 Å². The van der Waals surface area contributed by atoms with Crippen molar-refractivity contribution >= 4 is 6.21 Å². The van der Waals surface area contributed by atoms with Crippen LogP contribution in [0.15, 0.2) is 28.2 Å². The fourth-order valence-corrected chi connectivity index (χ4v) is 0.439. The summed E-state index contributed by atoms with van der Waals surface area (Å²) < 4.78 is 4.33. The van der Waals surface area contributed by atoms with Gasteiger partial charge in [0.05, 0.1) is 6.20 Å². The van der Waals surface area contributed by atoms with Crippen LogP contribution in [0.25, 0.3) is 0 Å². The minimum atomic E-state index is 0.778. The van der Waals surface area contributed by atoms with Crippen LogP contribution in [0.1, 0.15) is 61.8 Å². The summed E-state index contributed by atoms with van der Waals surface area (Å²) >= 11 is 0. The van der Waals surface area contributed by atoms with Crippen LogP contribution in [0.4, 0.5) is 0 Å². The first-order valence-electron chi connectivity index (χ1n) is 6.98. The summed E-state index contributed by atoms with van der Waals surface area (Å²) in [5, 5.41) is 6.81. The Morgan fingerprint density at radius 2 is 1.44 bits per heavy atom. The van der Waals surface area contributed by atoms with Crippen LogP contribution >= 0.6 is 0 Å². The zero-order chi connectivity index (χ0) is 15.1. The fourth-order valence-electron chi connectivity index (χ4n) is 0.439. The van der Waals surface area contributed by atoms with Crippen LogP contribution in [-0.2, 0) is 4.84 Å². The highest BCUT2D eigenvalue weighted by molar-refractivity contribution is 5.57. The Kier molecular flexibility index (Phi) is 63.6. The lowest BCUT2D eigenvalue weighted by atomic mass is 10.5. The topological polar surface area (TPSA) is 47.6 Å². The second-order valence-electron chi connectivity index (χ2n) is 1.60. The zero-order valence-corrected chi connectivity index (χ0v) is 13.4. The van der Waals surface area contributed by atoms with E-state index in [1.807, 2.05) is 55.4 Å². The summed E-state index contributed by atoms with van der Waals surface area (Å²) in [6, 6.07) is 1.72. The molecule has 0 unspecified atom stereocenters. The molecule has 2 heterocycles. The van der Waals surface area contributed by atoms with Crippen molar-refractivity contribution in [2.24, 2.45) is 5.16 Å². The highest BCUT2D eigenvalue weighted by atomic mass is 16.6. The van der Waals surface area contributed by atoms with Gasteiger partial charge >= 0.3 is 0 Å². The second kappa shape index (κ2) is 44.8. The van der Waals surface area contributed by atoms with E-state index in [1.165, 1.54) is 6.26 Å². The lowest BCUT2D eigenvalue weighted by Crippen LogP contribution is -1.72. The van der Waals surface area contributed by atoms with Crippen molar-refractivity contribution in [1.82, 2.24) is 5.16 Å². The van der Waals surface area contributed by atoms with E-state index in [0.29, 0.717) is 0 Å². The van der Waals surface area contributed by atoms with E-state index < -0.39 is 0 Å². The fraction of sp³-hybridized carbons (Fsp3) is 0.714. The van der Waals surface area contributed by atoms with Gasteiger partial charge in [-0.2, -0.15) is 0 Å². The Hall–Kier alpha value is -1.32. The molecule has 18 heavy (non-hydrogen) atoms. The maximum atomic E-state index is 4.51. The van der Waals surface area contributed by atoms with Crippen LogP contribution in [-0.4, -0.2) is 18.0 Å². The van der Waals surface area contributed by atoms with Crippen LogP contribution in [0.3, 0.4) is 0 Å². The van der Waals surface area contributed by atoms with E-state index >= 15 is 0 Å². The number of nitrogens with zero attached hydrogens (tertiary/aromatic N) is 2. The first-order chi connectivity index (χ1) is 9.00. The van der Waals surface area contributed by atoms with Crippen LogP contribution in [0.5, 0.6) is 0 Å². The Balaban J connectivity index is -0.0000000713. The molecule has 0 aliphatic carbocycles. The van der Waals surface area contributed by atoms with Gasteiger partial charge in [0, 0.05) is 12.6 Å². The Morgan fingerprint density at radius 3 is 1.56 bits per heavy atom. The molecule has 0 amide bonds. The van der Waals surface area contributed by atoms with E-state index in [0.717, 1.165) is 13.0 Å². The molecule has 0 spiro atoms. The summed E-state index contributed by atoms with van der Waals surface area (Å²) in [7, 11) is 0. The molecule has 0 fully saturated rings. The van der Waals surface area contributed by atoms with E-state index in [1.54, 1.807) is 18.5 Å². The maximum absolute atomic E-state index is 4.51. The summed E-state index contributed by atoms with van der Waals surface area (Å²) in [5.41, 5.74) is 0. The molecule has 0 bridgehead atoms. The standard InChI is InChI=1S/C3H5NO.C3H3NO.4C2H6/c2*1-2-4-5-3-1;4*1-2/h2H,1,3H2;1-3H;4*1-2H3. The summed E-state index contributed by atoms with van der Waals surface area (Å²) in [6.45, 7) is 16.8. The lowest BCUT2D eigenvalue weighted by Gasteiger charge is -1.76. The Morgan fingerprint density at radius 1 is 0.889 bits per heavy atom. The van der Waals surface area contributed by atoms with Crippen molar-refractivity contribution < 1.29 is 9.36 Å². The van der Waals surface area contributed by atoms with Crippen LogP contribution < -0.4 is 0 Å². The molecule has 0 N–H and O–H groups in total. The van der Waals surface area contributed by atoms with Crippen molar-refractivity contribution in [2.45, 2.75) is 61.8 Å². The van der Waals surface area contributed by atoms with Gasteiger partial charge in [0.1, 0.15) is 12.9 Å². The van der Waals surface area contributed by atoms with E-state index in [-0.39, 0.29) is 0 Å². The summed E-state index contributed by atoms with van der Waals surface area (Å²) in [6.07, 6.45) is 5.85. The molecule has 1 aliphatic rings. The quantitative estimate of drug-likeness (QED) is 0.646. The van der Waals surface area contributed by atoms with Gasteiger partial charge in [0.15, 0.2) is 0 Å². The summed E-state index contributed by atoms with van der Waals surface area (Å²) in [5.74, 6) is 0. The molecule has 0 atom stereocenters. The normalized spacial score (nSPS) is 8.89. The Labute approximate surface area is 113 Å². The molecule has 110 valence electrons. The molecular formula is C14H32N2O2. The first kappa shape index (κ1) is 25.5. The third-order valence-corrected chi connectivity index (χ3v) is 0.835. The monoisotopic (exact) mass is 260 g/mol. The molecule has 1 aromatic heterocycles. The van der Waals surface area contributed by atoms with Crippen molar-refractivity contribution in [3.8, 4) is 0 Å². The first-order valence-corrected chi connectivity index (χ1v) is 6.98. The van der Waals surface area contributed by atoms with E-state index in [2.05, 4.69) is 19.7 Å². The van der Waals surface area contributed by atoms with Gasteiger partial charge < -0.3 is 9.36 Å². The second-order valence-corrected chi connectivity index (χ2v) is 1.60. The van der Waals surface area contributed by atoms with Crippen molar-refractivity contribution in [3.05, 3.63) is 18.5 Å². The van der Waals surface area contributed by atoms with Gasteiger partial charge in [-0.05, 0) is 6.07 Å². The van der Waals surface area contributed by atoms with Gasteiger partial charge in [0.25, 0.3) is 0 Å². The van der Waals surface area contributed by atoms with E-state index in [9.17, 15) is 0 Å². The van der Waals surface area contributed by atoms with Gasteiger partial charge in [-0.15, -0.1) is 0 Å². The Bertz CT molecular complexity index is 153. The smallest absolute Gasteiger partial charge is 0.123 e. The zero-order valence-electron chi connectivity index (χ0n) is 13.4. The number of rotatable bonds is 0. The van der Waals surface area contributed by atoms with Gasteiger partial charge in [0.2, 0.25) is 0 Å². The van der Waals surface area contributed by atoms with Crippen molar-refractivity contribution in [2.75, 3.05) is 6.61 Å². The number of aromatic nitrogens is 1. The molecule has 0 saturated heterocycles. The number of oxime groups is 1. The average Bonchev–Trinajstić information content (AvgIpc) is 3.25. The van der Waals surface area contributed by atoms with Crippen LogP contribution in [0, 0.1) is 0 Å². The third-order valence-electron chi connectivity index (χ3n) is 0.835. The third kappa shape index (κ3) is 36.5. The van der Waals surface area contributed by atoms with Crippen molar-refractivity contribution in [3.63, 3.8) is 0 Å². The maximum Gasteiger partial charge on any atom is 0.123 e. The molecule has 4 nitrogen and oxygen atoms in total. The van der Waals surface area contributed by atoms with E-state index in [4.69, 9.17) is 0 Å². The molecule has 0 saturated carbocycles. The highest BCUT2D eigenvalue weighted by Crippen LogP contribution is 1.86. The van der Waals surface area contributed by atoms with Gasteiger partial charge in [-0.25, -0.2) is 0 Å². The molecule has 1 aliphatic heterocycles. The molecule has 2 rings (SSSR count). The average molecular weight is 260 g/mol. The molecule has 4 heteroatoms. The highest BCUT2D eigenvalue weighted by Gasteiger charge is 1.86. The minimum Gasteiger partial charge on any atom is -0.396 e. The molecular weight excluding hydrogens is 228 g/mol. The molecule has 0 aromatic carbocycles. The lowest BCUT2D eigenvalue weighted by molar-refractivity contribution is 0.174. The van der Waals surface area contributed by atoms with Crippen LogP contribution in [0.2, 0.25) is 0 Å². The summed E-state index contributed by atoms with van der Waals surface area (Å²) in [4.78, 5) is 4.51. The number of hydrogen-bond donors (Lipinski definition) is 0. The SMILES string of the molecule is C1=NOCC1.CC.CC.CC.CC.c1cnoc1. The predicted octanol–water partition coefficient (Wildman–Crippen LogP) is 5.17. The minimum absolute atomic E-state index is 0.778. The largest absolute Gasteiger partial charge is 0.396 e.